The molecule has 9 heteroatoms. The summed E-state index contributed by atoms with van der Waals surface area (Å²) in [6.07, 6.45) is 1.72. The lowest BCUT2D eigenvalue weighted by atomic mass is 10.3. The SMILES string of the molecule is C=CCn1c(COc2cc(Cl)ccc2Cl)nnc1SCC(=O)OCC. The van der Waals surface area contributed by atoms with E-state index in [4.69, 9.17) is 32.7 Å². The second kappa shape index (κ2) is 9.70. The van der Waals surface area contributed by atoms with E-state index in [1.807, 2.05) is 4.57 Å². The highest BCUT2D eigenvalue weighted by Gasteiger charge is 2.15. The van der Waals surface area contributed by atoms with Gasteiger partial charge in [-0.1, -0.05) is 41.0 Å². The summed E-state index contributed by atoms with van der Waals surface area (Å²) in [7, 11) is 0. The highest BCUT2D eigenvalue weighted by atomic mass is 35.5. The summed E-state index contributed by atoms with van der Waals surface area (Å²) >= 11 is 13.3. The quantitative estimate of drug-likeness (QED) is 0.359. The largest absolute Gasteiger partial charge is 0.484 e. The van der Waals surface area contributed by atoms with Gasteiger partial charge >= 0.3 is 5.97 Å². The van der Waals surface area contributed by atoms with Gasteiger partial charge in [0.1, 0.15) is 12.4 Å². The predicted molar refractivity (Wildman–Crippen MR) is 98.4 cm³/mol. The van der Waals surface area contributed by atoms with Crippen LogP contribution >= 0.6 is 35.0 Å². The Morgan fingerprint density at radius 2 is 2.20 bits per heavy atom. The van der Waals surface area contributed by atoms with Gasteiger partial charge in [-0.2, -0.15) is 0 Å². The van der Waals surface area contributed by atoms with Crippen LogP contribution in [0.15, 0.2) is 36.0 Å². The Balaban J connectivity index is 2.08. The number of hydrogen-bond acceptors (Lipinski definition) is 6. The smallest absolute Gasteiger partial charge is 0.316 e. The number of rotatable bonds is 9. The minimum absolute atomic E-state index is 0.154. The van der Waals surface area contributed by atoms with Crippen LogP contribution in [0.2, 0.25) is 10.0 Å². The lowest BCUT2D eigenvalue weighted by Gasteiger charge is -2.10. The number of nitrogens with zero attached hydrogens (tertiary/aromatic N) is 3. The number of halogens is 2. The molecule has 1 aromatic carbocycles. The maximum Gasteiger partial charge on any atom is 0.316 e. The molecule has 0 saturated heterocycles. The van der Waals surface area contributed by atoms with Crippen molar-refractivity contribution in [3.63, 3.8) is 0 Å². The van der Waals surface area contributed by atoms with Crippen molar-refractivity contribution in [3.05, 3.63) is 46.7 Å². The molecule has 0 aliphatic carbocycles. The molecule has 0 radical (unpaired) electrons. The molecule has 1 aromatic heterocycles. The number of ether oxygens (including phenoxy) is 2. The van der Waals surface area contributed by atoms with E-state index in [0.29, 0.717) is 39.9 Å². The molecule has 0 spiro atoms. The van der Waals surface area contributed by atoms with Gasteiger partial charge in [0, 0.05) is 17.6 Å². The lowest BCUT2D eigenvalue weighted by Crippen LogP contribution is -2.10. The Morgan fingerprint density at radius 3 is 2.92 bits per heavy atom. The average Bonchev–Trinajstić information content (AvgIpc) is 2.96. The molecule has 0 unspecified atom stereocenters. The van der Waals surface area contributed by atoms with Crippen LogP contribution in [-0.2, 0) is 22.7 Å². The third kappa shape index (κ3) is 5.66. The molecule has 2 aromatic rings. The third-order valence-corrected chi connectivity index (χ3v) is 4.47. The van der Waals surface area contributed by atoms with E-state index in [-0.39, 0.29) is 18.3 Å². The van der Waals surface area contributed by atoms with Gasteiger partial charge in [-0.3, -0.25) is 9.36 Å². The van der Waals surface area contributed by atoms with Crippen LogP contribution in [-0.4, -0.2) is 33.1 Å². The molecule has 0 bridgehead atoms. The van der Waals surface area contributed by atoms with Gasteiger partial charge in [0.05, 0.1) is 17.4 Å². The van der Waals surface area contributed by atoms with Crippen LogP contribution in [0.5, 0.6) is 5.75 Å². The second-order valence-electron chi connectivity index (χ2n) is 4.76. The maximum atomic E-state index is 11.5. The van der Waals surface area contributed by atoms with Gasteiger partial charge in [0.25, 0.3) is 0 Å². The number of carbonyl (C=O) groups is 1. The number of carbonyl (C=O) groups excluding carboxylic acids is 1. The van der Waals surface area contributed by atoms with E-state index in [2.05, 4.69) is 16.8 Å². The van der Waals surface area contributed by atoms with Crippen molar-refractivity contribution in [2.24, 2.45) is 0 Å². The number of thioether (sulfide) groups is 1. The maximum absolute atomic E-state index is 11.5. The van der Waals surface area contributed by atoms with Crippen molar-refractivity contribution in [2.45, 2.75) is 25.2 Å². The molecule has 0 amide bonds. The van der Waals surface area contributed by atoms with Gasteiger partial charge in [-0.15, -0.1) is 16.8 Å². The highest BCUT2D eigenvalue weighted by molar-refractivity contribution is 7.99. The Morgan fingerprint density at radius 1 is 1.40 bits per heavy atom. The molecule has 0 aliphatic rings. The first-order chi connectivity index (χ1) is 12.0. The van der Waals surface area contributed by atoms with Gasteiger partial charge in [0.15, 0.2) is 11.0 Å². The molecule has 0 N–H and O–H groups in total. The number of esters is 1. The summed E-state index contributed by atoms with van der Waals surface area (Å²) < 4.78 is 12.4. The van der Waals surface area contributed by atoms with Crippen LogP contribution in [0.25, 0.3) is 0 Å². The zero-order chi connectivity index (χ0) is 18.2. The van der Waals surface area contributed by atoms with Gasteiger partial charge < -0.3 is 9.47 Å². The molecular formula is C16H17Cl2N3O3S. The molecule has 0 aliphatic heterocycles. The first kappa shape index (κ1) is 19.6. The summed E-state index contributed by atoms with van der Waals surface area (Å²) in [5.41, 5.74) is 0. The molecular weight excluding hydrogens is 385 g/mol. The Hall–Kier alpha value is -1.70. The van der Waals surface area contributed by atoms with Crippen molar-refractivity contribution >= 4 is 40.9 Å². The molecule has 25 heavy (non-hydrogen) atoms. The van der Waals surface area contributed by atoms with Crippen molar-refractivity contribution in [3.8, 4) is 5.75 Å². The summed E-state index contributed by atoms with van der Waals surface area (Å²) in [4.78, 5) is 11.5. The number of benzene rings is 1. The van der Waals surface area contributed by atoms with E-state index < -0.39 is 0 Å². The van der Waals surface area contributed by atoms with Crippen molar-refractivity contribution in [1.82, 2.24) is 14.8 Å². The molecule has 134 valence electrons. The van der Waals surface area contributed by atoms with E-state index in [9.17, 15) is 4.79 Å². The zero-order valence-corrected chi connectivity index (χ0v) is 15.9. The van der Waals surface area contributed by atoms with E-state index in [1.54, 1.807) is 31.2 Å². The van der Waals surface area contributed by atoms with Gasteiger partial charge in [-0.05, 0) is 19.1 Å². The standard InChI is InChI=1S/C16H17Cl2N3O3S/c1-3-7-21-14(9-24-13-8-11(17)5-6-12(13)18)19-20-16(21)25-10-15(22)23-4-2/h3,5-6,8H,1,4,7,9-10H2,2H3. The third-order valence-electron chi connectivity index (χ3n) is 2.98. The minimum Gasteiger partial charge on any atom is -0.484 e. The molecule has 1 heterocycles. The number of aromatic nitrogens is 3. The predicted octanol–water partition coefficient (Wildman–Crippen LogP) is 4.01. The van der Waals surface area contributed by atoms with Crippen LogP contribution < -0.4 is 4.74 Å². The molecule has 0 atom stereocenters. The highest BCUT2D eigenvalue weighted by Crippen LogP contribution is 2.28. The monoisotopic (exact) mass is 401 g/mol. The summed E-state index contributed by atoms with van der Waals surface area (Å²) in [5.74, 6) is 0.902. The fourth-order valence-corrected chi connectivity index (χ4v) is 3.00. The van der Waals surface area contributed by atoms with Crippen molar-refractivity contribution in [1.29, 1.82) is 0 Å². The average molecular weight is 402 g/mol. The second-order valence-corrected chi connectivity index (χ2v) is 6.54. The Kier molecular flexibility index (Phi) is 7.61. The Bertz CT molecular complexity index is 752. The van der Waals surface area contributed by atoms with Crippen molar-refractivity contribution < 1.29 is 14.3 Å². The molecule has 2 rings (SSSR count). The molecule has 0 saturated carbocycles. The summed E-state index contributed by atoms with van der Waals surface area (Å²) in [5, 5.41) is 9.78. The Labute approximate surface area is 160 Å². The van der Waals surface area contributed by atoms with Crippen LogP contribution in [0.1, 0.15) is 12.7 Å². The van der Waals surface area contributed by atoms with Crippen LogP contribution in [0.3, 0.4) is 0 Å². The first-order valence-electron chi connectivity index (χ1n) is 7.44. The fraction of sp³-hybridized carbons (Fsp3) is 0.312. The van der Waals surface area contributed by atoms with Crippen LogP contribution in [0.4, 0.5) is 0 Å². The van der Waals surface area contributed by atoms with Gasteiger partial charge in [-0.25, -0.2) is 0 Å². The first-order valence-corrected chi connectivity index (χ1v) is 9.18. The number of allylic oxidation sites excluding steroid dienone is 1. The van der Waals surface area contributed by atoms with E-state index in [1.165, 1.54) is 11.8 Å². The number of hydrogen-bond donors (Lipinski definition) is 0. The molecule has 6 nitrogen and oxygen atoms in total. The van der Waals surface area contributed by atoms with E-state index in [0.717, 1.165) is 0 Å². The summed E-state index contributed by atoms with van der Waals surface area (Å²) in [6.45, 7) is 6.48. The lowest BCUT2D eigenvalue weighted by molar-refractivity contribution is -0.139. The minimum atomic E-state index is -0.302. The zero-order valence-electron chi connectivity index (χ0n) is 13.6. The molecule has 0 fully saturated rings. The van der Waals surface area contributed by atoms with Gasteiger partial charge in [0.2, 0.25) is 0 Å². The topological polar surface area (TPSA) is 66.2 Å². The van der Waals surface area contributed by atoms with Crippen LogP contribution in [0, 0.1) is 0 Å². The fourth-order valence-electron chi connectivity index (χ4n) is 1.90. The normalized spacial score (nSPS) is 10.5. The summed E-state index contributed by atoms with van der Waals surface area (Å²) in [6, 6.07) is 4.98. The van der Waals surface area contributed by atoms with Crippen molar-refractivity contribution in [2.75, 3.05) is 12.4 Å². The van der Waals surface area contributed by atoms with E-state index >= 15 is 0 Å².